The molecule has 1 N–H and O–H groups in total. The van der Waals surface area contributed by atoms with Gasteiger partial charge in [0.25, 0.3) is 0 Å². The van der Waals surface area contributed by atoms with Gasteiger partial charge in [-0.25, -0.2) is 0 Å². The number of hydrogen-bond donors (Lipinski definition) is 1. The van der Waals surface area contributed by atoms with Gasteiger partial charge in [0.15, 0.2) is 0 Å². The molecule has 2 heteroatoms. The molecule has 0 radical (unpaired) electrons. The predicted octanol–water partition coefficient (Wildman–Crippen LogP) is 3.45. The fraction of sp³-hybridized carbons (Fsp3) is 0.571. The van der Waals surface area contributed by atoms with Crippen LogP contribution in [0.4, 0.5) is 0 Å². The number of benzene rings is 1. The first kappa shape index (κ1) is 13.0. The summed E-state index contributed by atoms with van der Waals surface area (Å²) in [6.07, 6.45) is 2.45. The lowest BCUT2D eigenvalue weighted by Gasteiger charge is -2.17. The molecule has 1 rings (SSSR count). The molecular weight excluding hydrogens is 198 g/mol. The molecule has 1 atom stereocenters. The third-order valence-corrected chi connectivity index (χ3v) is 2.83. The van der Waals surface area contributed by atoms with Crippen LogP contribution in [0.1, 0.15) is 43.9 Å². The highest BCUT2D eigenvalue weighted by atomic mass is 16.5. The van der Waals surface area contributed by atoms with Crippen LogP contribution in [0.15, 0.2) is 18.2 Å². The van der Waals surface area contributed by atoms with E-state index in [1.165, 1.54) is 24.0 Å². The maximum absolute atomic E-state index is 5.39. The quantitative estimate of drug-likeness (QED) is 0.743. The first-order chi connectivity index (χ1) is 7.69. The Balaban J connectivity index is 2.72. The van der Waals surface area contributed by atoms with Crippen molar-refractivity contribution in [1.82, 2.24) is 5.32 Å². The summed E-state index contributed by atoms with van der Waals surface area (Å²) in [6, 6.07) is 6.67. The number of methoxy groups -OCH3 is 1. The largest absolute Gasteiger partial charge is 0.496 e. The van der Waals surface area contributed by atoms with Crippen LogP contribution in [0.25, 0.3) is 0 Å². The van der Waals surface area contributed by atoms with Crippen LogP contribution in [0.2, 0.25) is 0 Å². The molecule has 0 aromatic heterocycles. The summed E-state index contributed by atoms with van der Waals surface area (Å²) in [4.78, 5) is 0. The molecule has 0 bridgehead atoms. The Morgan fingerprint density at radius 2 is 2.12 bits per heavy atom. The molecule has 0 aliphatic carbocycles. The van der Waals surface area contributed by atoms with Crippen molar-refractivity contribution in [1.29, 1.82) is 0 Å². The van der Waals surface area contributed by atoms with Crippen molar-refractivity contribution in [2.24, 2.45) is 0 Å². The second kappa shape index (κ2) is 6.54. The van der Waals surface area contributed by atoms with Crippen molar-refractivity contribution in [2.45, 2.75) is 39.7 Å². The highest BCUT2D eigenvalue weighted by Gasteiger charge is 2.10. The minimum atomic E-state index is 0.349. The summed E-state index contributed by atoms with van der Waals surface area (Å²) in [6.45, 7) is 7.57. The van der Waals surface area contributed by atoms with E-state index in [-0.39, 0.29) is 0 Å². The Bertz CT molecular complexity index is 323. The van der Waals surface area contributed by atoms with Crippen molar-refractivity contribution < 1.29 is 4.74 Å². The van der Waals surface area contributed by atoms with E-state index in [2.05, 4.69) is 38.2 Å². The molecule has 0 fully saturated rings. The standard InChI is InChI=1S/C14H23NO/c1-5-6-9-15-12(3)13-10-11(2)7-8-14(13)16-4/h7-8,10,12,15H,5-6,9H2,1-4H3. The van der Waals surface area contributed by atoms with Crippen molar-refractivity contribution in [3.63, 3.8) is 0 Å². The topological polar surface area (TPSA) is 21.3 Å². The predicted molar refractivity (Wildman–Crippen MR) is 69.1 cm³/mol. The Morgan fingerprint density at radius 1 is 1.38 bits per heavy atom. The van der Waals surface area contributed by atoms with Gasteiger partial charge in [-0.1, -0.05) is 31.0 Å². The molecule has 0 saturated carbocycles. The van der Waals surface area contributed by atoms with Gasteiger partial charge < -0.3 is 10.1 Å². The monoisotopic (exact) mass is 221 g/mol. The molecule has 90 valence electrons. The summed E-state index contributed by atoms with van der Waals surface area (Å²) in [5, 5.41) is 3.52. The van der Waals surface area contributed by atoms with E-state index >= 15 is 0 Å². The number of ether oxygens (including phenoxy) is 1. The van der Waals surface area contributed by atoms with E-state index in [4.69, 9.17) is 4.74 Å². The van der Waals surface area contributed by atoms with Crippen LogP contribution in [0.5, 0.6) is 5.75 Å². The minimum Gasteiger partial charge on any atom is -0.496 e. The second-order valence-electron chi connectivity index (χ2n) is 4.27. The van der Waals surface area contributed by atoms with E-state index in [9.17, 15) is 0 Å². The Kier molecular flexibility index (Phi) is 5.33. The summed E-state index contributed by atoms with van der Waals surface area (Å²) < 4.78 is 5.39. The van der Waals surface area contributed by atoms with Gasteiger partial charge in [-0.05, 0) is 32.9 Å². The van der Waals surface area contributed by atoms with Crippen molar-refractivity contribution >= 4 is 0 Å². The normalized spacial score (nSPS) is 12.5. The highest BCUT2D eigenvalue weighted by molar-refractivity contribution is 5.38. The smallest absolute Gasteiger partial charge is 0.123 e. The molecule has 16 heavy (non-hydrogen) atoms. The van der Waals surface area contributed by atoms with Crippen molar-refractivity contribution in [3.05, 3.63) is 29.3 Å². The van der Waals surface area contributed by atoms with E-state index in [0.717, 1.165) is 12.3 Å². The Labute approximate surface area is 99.0 Å². The number of aryl methyl sites for hydroxylation is 1. The summed E-state index contributed by atoms with van der Waals surface area (Å²) in [5.41, 5.74) is 2.53. The molecule has 1 aromatic carbocycles. The molecule has 1 aromatic rings. The molecule has 0 saturated heterocycles. The average molecular weight is 221 g/mol. The van der Waals surface area contributed by atoms with Crippen LogP contribution >= 0.6 is 0 Å². The van der Waals surface area contributed by atoms with Gasteiger partial charge >= 0.3 is 0 Å². The fourth-order valence-electron chi connectivity index (χ4n) is 1.80. The van der Waals surface area contributed by atoms with E-state index in [1.807, 2.05) is 6.07 Å². The third kappa shape index (κ3) is 3.53. The van der Waals surface area contributed by atoms with Gasteiger partial charge in [-0.15, -0.1) is 0 Å². The number of nitrogens with one attached hydrogen (secondary N) is 1. The van der Waals surface area contributed by atoms with Crippen molar-refractivity contribution in [3.8, 4) is 5.75 Å². The lowest BCUT2D eigenvalue weighted by Crippen LogP contribution is -2.20. The van der Waals surface area contributed by atoms with Crippen molar-refractivity contribution in [2.75, 3.05) is 13.7 Å². The molecular formula is C14H23NO. The third-order valence-electron chi connectivity index (χ3n) is 2.83. The maximum atomic E-state index is 5.39. The molecule has 0 spiro atoms. The zero-order valence-corrected chi connectivity index (χ0v) is 10.8. The highest BCUT2D eigenvalue weighted by Crippen LogP contribution is 2.25. The second-order valence-corrected chi connectivity index (χ2v) is 4.27. The van der Waals surface area contributed by atoms with Gasteiger partial charge in [0.2, 0.25) is 0 Å². The van der Waals surface area contributed by atoms with Crippen LogP contribution in [0, 0.1) is 6.92 Å². The van der Waals surface area contributed by atoms with E-state index in [0.29, 0.717) is 6.04 Å². The summed E-state index contributed by atoms with van der Waals surface area (Å²) >= 11 is 0. The van der Waals surface area contributed by atoms with Crippen LogP contribution in [-0.2, 0) is 0 Å². The fourth-order valence-corrected chi connectivity index (χ4v) is 1.80. The number of rotatable bonds is 6. The summed E-state index contributed by atoms with van der Waals surface area (Å²) in [7, 11) is 1.73. The van der Waals surface area contributed by atoms with E-state index in [1.54, 1.807) is 7.11 Å². The van der Waals surface area contributed by atoms with Crippen LogP contribution < -0.4 is 10.1 Å². The average Bonchev–Trinajstić information content (AvgIpc) is 2.29. The number of unbranched alkanes of at least 4 members (excludes halogenated alkanes) is 1. The van der Waals surface area contributed by atoms with Gasteiger partial charge in [0, 0.05) is 11.6 Å². The molecule has 0 amide bonds. The van der Waals surface area contributed by atoms with Gasteiger partial charge in [0.1, 0.15) is 5.75 Å². The van der Waals surface area contributed by atoms with Gasteiger partial charge in [0.05, 0.1) is 7.11 Å². The van der Waals surface area contributed by atoms with Gasteiger partial charge in [-0.3, -0.25) is 0 Å². The zero-order chi connectivity index (χ0) is 12.0. The van der Waals surface area contributed by atoms with Crippen LogP contribution in [0.3, 0.4) is 0 Å². The molecule has 0 aliphatic heterocycles. The Morgan fingerprint density at radius 3 is 2.75 bits per heavy atom. The zero-order valence-electron chi connectivity index (χ0n) is 10.8. The summed E-state index contributed by atoms with van der Waals surface area (Å²) in [5.74, 6) is 0.974. The molecule has 0 heterocycles. The lowest BCUT2D eigenvalue weighted by atomic mass is 10.0. The molecule has 2 nitrogen and oxygen atoms in total. The minimum absolute atomic E-state index is 0.349. The lowest BCUT2D eigenvalue weighted by molar-refractivity contribution is 0.401. The molecule has 1 unspecified atom stereocenters. The SMILES string of the molecule is CCCCNC(C)c1cc(C)ccc1OC. The maximum Gasteiger partial charge on any atom is 0.123 e. The van der Waals surface area contributed by atoms with Gasteiger partial charge in [-0.2, -0.15) is 0 Å². The Hall–Kier alpha value is -1.02. The number of hydrogen-bond acceptors (Lipinski definition) is 2. The van der Waals surface area contributed by atoms with E-state index < -0.39 is 0 Å². The van der Waals surface area contributed by atoms with Crippen LogP contribution in [-0.4, -0.2) is 13.7 Å². The first-order valence-electron chi connectivity index (χ1n) is 6.07. The molecule has 0 aliphatic rings. The first-order valence-corrected chi connectivity index (χ1v) is 6.07.